The minimum Gasteiger partial charge on any atom is -0.360 e. The third kappa shape index (κ3) is 2.68. The molecule has 4 nitrogen and oxygen atoms in total. The van der Waals surface area contributed by atoms with E-state index in [-0.39, 0.29) is 6.04 Å². The second-order valence-electron chi connectivity index (χ2n) is 5.23. The summed E-state index contributed by atoms with van der Waals surface area (Å²) in [6.45, 7) is 4.16. The summed E-state index contributed by atoms with van der Waals surface area (Å²) in [6.07, 6.45) is 7.53. The van der Waals surface area contributed by atoms with Gasteiger partial charge in [-0.15, -0.1) is 11.3 Å². The maximum atomic E-state index is 4.64. The van der Waals surface area contributed by atoms with Crippen molar-refractivity contribution in [3.63, 3.8) is 0 Å². The van der Waals surface area contributed by atoms with E-state index in [4.69, 9.17) is 0 Å². The standard InChI is InChI=1S/C15H20N4S/c1-3-12(15-16-8-9-20-15)19-14-11-6-4-5-7-13(11)17-10(2)18-14/h8-9,12H,3-7H2,1-2H3,(H,17,18,19). The first-order chi connectivity index (χ1) is 9.78. The second-order valence-corrected chi connectivity index (χ2v) is 6.15. The largest absolute Gasteiger partial charge is 0.360 e. The number of aryl methyl sites for hydroxylation is 2. The highest BCUT2D eigenvalue weighted by molar-refractivity contribution is 7.09. The van der Waals surface area contributed by atoms with Crippen molar-refractivity contribution in [2.45, 2.75) is 52.0 Å². The molecule has 0 saturated carbocycles. The van der Waals surface area contributed by atoms with Crippen LogP contribution in [0.25, 0.3) is 0 Å². The van der Waals surface area contributed by atoms with Gasteiger partial charge in [0.1, 0.15) is 16.6 Å². The van der Waals surface area contributed by atoms with Crippen LogP contribution >= 0.6 is 11.3 Å². The molecule has 0 saturated heterocycles. The van der Waals surface area contributed by atoms with Gasteiger partial charge in [-0.25, -0.2) is 15.0 Å². The van der Waals surface area contributed by atoms with Crippen LogP contribution in [-0.4, -0.2) is 15.0 Å². The third-order valence-electron chi connectivity index (χ3n) is 3.76. The van der Waals surface area contributed by atoms with E-state index in [2.05, 4.69) is 27.2 Å². The summed E-state index contributed by atoms with van der Waals surface area (Å²) in [5.74, 6) is 1.89. The zero-order valence-corrected chi connectivity index (χ0v) is 12.8. The minimum absolute atomic E-state index is 0.246. The lowest BCUT2D eigenvalue weighted by atomic mass is 9.96. The van der Waals surface area contributed by atoms with Crippen LogP contribution in [0.1, 0.15) is 54.3 Å². The molecule has 1 N–H and O–H groups in total. The molecule has 1 unspecified atom stereocenters. The number of hydrogen-bond acceptors (Lipinski definition) is 5. The van der Waals surface area contributed by atoms with Gasteiger partial charge in [-0.1, -0.05) is 6.92 Å². The van der Waals surface area contributed by atoms with Crippen LogP contribution in [0.15, 0.2) is 11.6 Å². The Kier molecular flexibility index (Phi) is 3.96. The summed E-state index contributed by atoms with van der Waals surface area (Å²) in [5.41, 5.74) is 2.55. The van der Waals surface area contributed by atoms with E-state index in [1.165, 1.54) is 24.1 Å². The van der Waals surface area contributed by atoms with Crippen LogP contribution in [0.5, 0.6) is 0 Å². The number of nitrogens with one attached hydrogen (secondary N) is 1. The van der Waals surface area contributed by atoms with Gasteiger partial charge in [0, 0.05) is 22.8 Å². The van der Waals surface area contributed by atoms with Crippen molar-refractivity contribution in [2.75, 3.05) is 5.32 Å². The van der Waals surface area contributed by atoms with E-state index in [1.54, 1.807) is 11.3 Å². The summed E-state index contributed by atoms with van der Waals surface area (Å²) in [5, 5.41) is 6.76. The van der Waals surface area contributed by atoms with E-state index >= 15 is 0 Å². The van der Waals surface area contributed by atoms with Gasteiger partial charge in [0.25, 0.3) is 0 Å². The fourth-order valence-electron chi connectivity index (χ4n) is 2.75. The van der Waals surface area contributed by atoms with E-state index in [9.17, 15) is 0 Å². The first kappa shape index (κ1) is 13.5. The molecule has 2 heterocycles. The number of fused-ring (bicyclic) bond motifs is 1. The molecular weight excluding hydrogens is 268 g/mol. The highest BCUT2D eigenvalue weighted by Gasteiger charge is 2.20. The molecule has 0 amide bonds. The summed E-state index contributed by atoms with van der Waals surface area (Å²) in [6, 6.07) is 0.246. The molecule has 20 heavy (non-hydrogen) atoms. The van der Waals surface area contributed by atoms with Crippen LogP contribution < -0.4 is 5.32 Å². The predicted molar refractivity (Wildman–Crippen MR) is 82.2 cm³/mol. The van der Waals surface area contributed by atoms with E-state index in [1.807, 2.05) is 18.5 Å². The van der Waals surface area contributed by atoms with E-state index in [0.717, 1.165) is 35.9 Å². The van der Waals surface area contributed by atoms with Gasteiger partial charge in [-0.2, -0.15) is 0 Å². The fourth-order valence-corrected chi connectivity index (χ4v) is 3.52. The zero-order valence-electron chi connectivity index (χ0n) is 12.0. The van der Waals surface area contributed by atoms with Gasteiger partial charge in [0.15, 0.2) is 0 Å². The highest BCUT2D eigenvalue weighted by atomic mass is 32.1. The summed E-state index contributed by atoms with van der Waals surface area (Å²) in [4.78, 5) is 13.7. The molecule has 5 heteroatoms. The van der Waals surface area contributed by atoms with Crippen molar-refractivity contribution >= 4 is 17.2 Å². The Bertz CT molecular complexity index is 580. The molecule has 2 aromatic heterocycles. The number of nitrogens with zero attached hydrogens (tertiary/aromatic N) is 3. The normalized spacial score (nSPS) is 15.7. The Morgan fingerprint density at radius 2 is 2.15 bits per heavy atom. The molecule has 0 aromatic carbocycles. The molecule has 0 fully saturated rings. The van der Waals surface area contributed by atoms with Gasteiger partial charge >= 0.3 is 0 Å². The number of aromatic nitrogens is 3. The fraction of sp³-hybridized carbons (Fsp3) is 0.533. The van der Waals surface area contributed by atoms with Crippen LogP contribution in [0.3, 0.4) is 0 Å². The van der Waals surface area contributed by atoms with Gasteiger partial charge in [0.05, 0.1) is 6.04 Å². The zero-order chi connectivity index (χ0) is 13.9. The maximum absolute atomic E-state index is 4.64. The van der Waals surface area contributed by atoms with Crippen molar-refractivity contribution in [3.05, 3.63) is 33.7 Å². The van der Waals surface area contributed by atoms with Crippen molar-refractivity contribution < 1.29 is 0 Å². The SMILES string of the molecule is CCC(Nc1nc(C)nc2c1CCCC2)c1nccs1. The van der Waals surface area contributed by atoms with Crippen molar-refractivity contribution in [3.8, 4) is 0 Å². The Hall–Kier alpha value is -1.49. The van der Waals surface area contributed by atoms with Crippen LogP contribution in [0.2, 0.25) is 0 Å². The predicted octanol–water partition coefficient (Wildman–Crippen LogP) is 3.68. The number of rotatable bonds is 4. The Morgan fingerprint density at radius 3 is 2.90 bits per heavy atom. The molecule has 2 aromatic rings. The molecule has 1 aliphatic rings. The van der Waals surface area contributed by atoms with Gasteiger partial charge in [-0.05, 0) is 39.0 Å². The number of thiazole rings is 1. The quantitative estimate of drug-likeness (QED) is 0.932. The Labute approximate surface area is 123 Å². The molecule has 0 bridgehead atoms. The van der Waals surface area contributed by atoms with Crippen molar-refractivity contribution in [2.24, 2.45) is 0 Å². The van der Waals surface area contributed by atoms with Gasteiger partial charge < -0.3 is 5.32 Å². The minimum atomic E-state index is 0.246. The van der Waals surface area contributed by atoms with E-state index in [0.29, 0.717) is 0 Å². The summed E-state index contributed by atoms with van der Waals surface area (Å²) < 4.78 is 0. The third-order valence-corrected chi connectivity index (χ3v) is 4.65. The average Bonchev–Trinajstić information content (AvgIpc) is 2.98. The van der Waals surface area contributed by atoms with E-state index < -0.39 is 0 Å². The van der Waals surface area contributed by atoms with Crippen LogP contribution in [0.4, 0.5) is 5.82 Å². The molecule has 0 aliphatic heterocycles. The summed E-state index contributed by atoms with van der Waals surface area (Å²) in [7, 11) is 0. The molecule has 3 rings (SSSR count). The topological polar surface area (TPSA) is 50.7 Å². The maximum Gasteiger partial charge on any atom is 0.133 e. The average molecular weight is 288 g/mol. The van der Waals surface area contributed by atoms with Gasteiger partial charge in [-0.3, -0.25) is 0 Å². The highest BCUT2D eigenvalue weighted by Crippen LogP contribution is 2.29. The van der Waals surface area contributed by atoms with Crippen molar-refractivity contribution in [1.29, 1.82) is 0 Å². The molecule has 1 aliphatic carbocycles. The summed E-state index contributed by atoms with van der Waals surface area (Å²) >= 11 is 1.70. The smallest absolute Gasteiger partial charge is 0.133 e. The molecule has 0 radical (unpaired) electrons. The van der Waals surface area contributed by atoms with Crippen LogP contribution in [-0.2, 0) is 12.8 Å². The van der Waals surface area contributed by atoms with Crippen molar-refractivity contribution in [1.82, 2.24) is 15.0 Å². The molecular formula is C15H20N4S. The van der Waals surface area contributed by atoms with Gasteiger partial charge in [0.2, 0.25) is 0 Å². The lowest BCUT2D eigenvalue weighted by molar-refractivity contribution is 0.653. The monoisotopic (exact) mass is 288 g/mol. The Morgan fingerprint density at radius 1 is 1.30 bits per heavy atom. The molecule has 0 spiro atoms. The number of hydrogen-bond donors (Lipinski definition) is 1. The lowest BCUT2D eigenvalue weighted by Crippen LogP contribution is -2.17. The molecule has 106 valence electrons. The lowest BCUT2D eigenvalue weighted by Gasteiger charge is -2.22. The first-order valence-electron chi connectivity index (χ1n) is 7.30. The Balaban J connectivity index is 1.91. The molecule has 1 atom stereocenters. The van der Waals surface area contributed by atoms with Crippen LogP contribution in [0, 0.1) is 6.92 Å². The number of anilines is 1. The first-order valence-corrected chi connectivity index (χ1v) is 8.18. The second kappa shape index (κ2) is 5.87.